The molecule has 2 aromatic rings. The maximum atomic E-state index is 13.2. The Morgan fingerprint density at radius 1 is 0.971 bits per heavy atom. The second-order valence-electron chi connectivity index (χ2n) is 8.96. The van der Waals surface area contributed by atoms with Gasteiger partial charge in [0, 0.05) is 37.8 Å². The number of rotatable bonds is 8. The molecule has 35 heavy (non-hydrogen) atoms. The van der Waals surface area contributed by atoms with Gasteiger partial charge in [0.1, 0.15) is 0 Å². The fourth-order valence-electron chi connectivity index (χ4n) is 4.87. The van der Waals surface area contributed by atoms with Crippen LogP contribution in [0, 0.1) is 11.3 Å². The smallest absolute Gasteiger partial charge is 0.243 e. The van der Waals surface area contributed by atoms with Crippen molar-refractivity contribution in [1.29, 1.82) is 5.26 Å². The molecular weight excluding hydrogens is 488 g/mol. The maximum absolute atomic E-state index is 13.2. The van der Waals surface area contributed by atoms with Gasteiger partial charge in [-0.3, -0.25) is 9.69 Å². The Bertz CT molecular complexity index is 1320. The number of anilines is 1. The summed E-state index contributed by atoms with van der Waals surface area (Å²) < 4.78 is 53.3. The van der Waals surface area contributed by atoms with Crippen LogP contribution in [0.2, 0.25) is 0 Å². The number of sulfone groups is 1. The highest BCUT2D eigenvalue weighted by Crippen LogP contribution is 2.33. The number of nitriles is 1. The van der Waals surface area contributed by atoms with Gasteiger partial charge in [-0.05, 0) is 74.3 Å². The van der Waals surface area contributed by atoms with E-state index in [-0.39, 0.29) is 33.5 Å². The zero-order valence-corrected chi connectivity index (χ0v) is 21.1. The molecule has 4 rings (SSSR count). The molecule has 2 bridgehead atoms. The normalized spacial score (nSPS) is 20.9. The number of carbonyl (C=O) groups excluding carboxylic acids is 1. The zero-order chi connectivity index (χ0) is 25.2. The summed E-state index contributed by atoms with van der Waals surface area (Å²) >= 11 is 0. The van der Waals surface area contributed by atoms with E-state index in [1.165, 1.54) is 47.6 Å². The Hall–Kier alpha value is -2.78. The van der Waals surface area contributed by atoms with Crippen LogP contribution in [0.1, 0.15) is 31.7 Å². The van der Waals surface area contributed by atoms with Gasteiger partial charge in [0.05, 0.1) is 27.2 Å². The van der Waals surface area contributed by atoms with Gasteiger partial charge in [-0.1, -0.05) is 0 Å². The topological polar surface area (TPSA) is 128 Å². The van der Waals surface area contributed by atoms with E-state index in [1.807, 2.05) is 6.07 Å². The number of benzene rings is 2. The van der Waals surface area contributed by atoms with Crippen molar-refractivity contribution in [3.05, 3.63) is 54.1 Å². The molecule has 11 heteroatoms. The van der Waals surface area contributed by atoms with E-state index in [9.17, 15) is 21.6 Å². The predicted molar refractivity (Wildman–Crippen MR) is 131 cm³/mol. The number of nitrogens with zero attached hydrogens (tertiary/aromatic N) is 3. The third kappa shape index (κ3) is 5.56. The van der Waals surface area contributed by atoms with Crippen molar-refractivity contribution in [2.75, 3.05) is 30.7 Å². The van der Waals surface area contributed by atoms with Gasteiger partial charge in [-0.15, -0.1) is 0 Å². The van der Waals surface area contributed by atoms with Crippen LogP contribution < -0.4 is 5.32 Å². The van der Waals surface area contributed by atoms with E-state index >= 15 is 0 Å². The van der Waals surface area contributed by atoms with Crippen molar-refractivity contribution < 1.29 is 21.6 Å². The molecule has 1 amide bonds. The summed E-state index contributed by atoms with van der Waals surface area (Å²) in [5.74, 6) is -0.227. The quantitative estimate of drug-likeness (QED) is 0.570. The van der Waals surface area contributed by atoms with Crippen LogP contribution in [0.25, 0.3) is 0 Å². The predicted octanol–water partition coefficient (Wildman–Crippen LogP) is 2.22. The molecule has 2 atom stereocenters. The van der Waals surface area contributed by atoms with Gasteiger partial charge in [0.2, 0.25) is 15.9 Å². The molecule has 9 nitrogen and oxygen atoms in total. The molecule has 1 N–H and O–H groups in total. The van der Waals surface area contributed by atoms with Crippen molar-refractivity contribution in [2.45, 2.75) is 48.1 Å². The van der Waals surface area contributed by atoms with E-state index in [2.05, 4.69) is 10.2 Å². The lowest BCUT2D eigenvalue weighted by molar-refractivity contribution is -0.114. The van der Waals surface area contributed by atoms with Crippen LogP contribution in [-0.4, -0.2) is 69.4 Å². The second-order valence-corrected chi connectivity index (χ2v) is 13.0. The first-order valence-electron chi connectivity index (χ1n) is 11.5. The average Bonchev–Trinajstić information content (AvgIpc) is 3.05. The van der Waals surface area contributed by atoms with Gasteiger partial charge in [-0.2, -0.15) is 9.57 Å². The third-order valence-electron chi connectivity index (χ3n) is 6.58. The average molecular weight is 517 g/mol. The van der Waals surface area contributed by atoms with Crippen LogP contribution in [0.5, 0.6) is 0 Å². The molecule has 0 radical (unpaired) electrons. The summed E-state index contributed by atoms with van der Waals surface area (Å²) in [5.41, 5.74) is 0.953. The largest absolute Gasteiger partial charge is 0.326 e. The minimum atomic E-state index is -3.67. The molecule has 0 saturated carbocycles. The summed E-state index contributed by atoms with van der Waals surface area (Å²) in [4.78, 5) is 13.8. The summed E-state index contributed by atoms with van der Waals surface area (Å²) in [7, 11) is -7.12. The number of hydrogen-bond acceptors (Lipinski definition) is 7. The molecule has 0 aliphatic carbocycles. The Morgan fingerprint density at radius 3 is 2.09 bits per heavy atom. The van der Waals surface area contributed by atoms with Crippen LogP contribution in [0.15, 0.2) is 58.3 Å². The van der Waals surface area contributed by atoms with Gasteiger partial charge in [0.15, 0.2) is 9.84 Å². The third-order valence-corrected chi connectivity index (χ3v) is 10.2. The summed E-state index contributed by atoms with van der Waals surface area (Å²) in [5, 5.41) is 11.5. The number of nitrogens with one attached hydrogen (secondary N) is 1. The number of hydrogen-bond donors (Lipinski definition) is 1. The fraction of sp³-hybridized carbons (Fsp3) is 0.417. The van der Waals surface area contributed by atoms with Crippen LogP contribution in [0.3, 0.4) is 0 Å². The van der Waals surface area contributed by atoms with Gasteiger partial charge in [0.25, 0.3) is 0 Å². The SMILES string of the molecule is CC(=O)Nc1ccc(S(=O)(=O)N2CC3CCC(C2)N3CCCS(=O)(=O)c2ccc(C#N)cc2)cc1. The number of amides is 1. The van der Waals surface area contributed by atoms with E-state index in [0.717, 1.165) is 12.8 Å². The molecule has 186 valence electrons. The molecule has 2 saturated heterocycles. The van der Waals surface area contributed by atoms with E-state index in [1.54, 1.807) is 12.1 Å². The van der Waals surface area contributed by atoms with Crippen LogP contribution >= 0.6 is 0 Å². The Kier molecular flexibility index (Phi) is 7.28. The van der Waals surface area contributed by atoms with Crippen molar-refractivity contribution in [2.24, 2.45) is 0 Å². The number of piperazine rings is 1. The molecule has 0 aromatic heterocycles. The fourth-order valence-corrected chi connectivity index (χ4v) is 7.68. The summed E-state index contributed by atoms with van der Waals surface area (Å²) in [6.07, 6.45) is 2.20. The van der Waals surface area contributed by atoms with Crippen LogP contribution in [-0.2, 0) is 24.7 Å². The lowest BCUT2D eigenvalue weighted by Gasteiger charge is -2.40. The zero-order valence-electron chi connectivity index (χ0n) is 19.4. The number of fused-ring (bicyclic) bond motifs is 2. The molecule has 2 aromatic carbocycles. The molecular formula is C24H28N4O5S2. The summed E-state index contributed by atoms with van der Waals surface area (Å²) in [6.45, 7) is 2.72. The van der Waals surface area contributed by atoms with Crippen molar-refractivity contribution in [3.63, 3.8) is 0 Å². The molecule has 0 spiro atoms. The van der Waals surface area contributed by atoms with E-state index in [4.69, 9.17) is 5.26 Å². The van der Waals surface area contributed by atoms with Crippen LogP contribution in [0.4, 0.5) is 5.69 Å². The first kappa shape index (κ1) is 25.3. The lowest BCUT2D eigenvalue weighted by Crippen LogP contribution is -2.55. The first-order valence-corrected chi connectivity index (χ1v) is 14.6. The summed E-state index contributed by atoms with van der Waals surface area (Å²) in [6, 6.07) is 14.2. The minimum absolute atomic E-state index is 0.00248. The highest BCUT2D eigenvalue weighted by Gasteiger charge is 2.43. The number of carbonyl (C=O) groups is 1. The maximum Gasteiger partial charge on any atom is 0.243 e. The van der Waals surface area contributed by atoms with Crippen molar-refractivity contribution in [1.82, 2.24) is 9.21 Å². The highest BCUT2D eigenvalue weighted by molar-refractivity contribution is 7.91. The minimum Gasteiger partial charge on any atom is -0.326 e. The van der Waals surface area contributed by atoms with E-state index in [0.29, 0.717) is 37.3 Å². The Labute approximate surface area is 206 Å². The standard InChI is InChI=1S/C24H28N4O5S2/c1-18(29)26-20-5-11-24(12-6-20)35(32,33)27-16-21-7-8-22(17-27)28(21)13-2-14-34(30,31)23-9-3-19(15-25)4-10-23/h3-6,9-12,21-22H,2,7-8,13-14,16-17H2,1H3,(H,26,29). The molecule has 2 unspecified atom stereocenters. The van der Waals surface area contributed by atoms with E-state index < -0.39 is 19.9 Å². The lowest BCUT2D eigenvalue weighted by atomic mass is 10.2. The van der Waals surface area contributed by atoms with Gasteiger partial charge < -0.3 is 5.32 Å². The molecule has 2 fully saturated rings. The van der Waals surface area contributed by atoms with Crippen molar-refractivity contribution in [3.8, 4) is 6.07 Å². The van der Waals surface area contributed by atoms with Gasteiger partial charge in [-0.25, -0.2) is 16.8 Å². The Morgan fingerprint density at radius 2 is 1.54 bits per heavy atom. The highest BCUT2D eigenvalue weighted by atomic mass is 32.2. The van der Waals surface area contributed by atoms with Crippen molar-refractivity contribution >= 4 is 31.5 Å². The van der Waals surface area contributed by atoms with Gasteiger partial charge >= 0.3 is 0 Å². The second kappa shape index (κ2) is 10.1. The monoisotopic (exact) mass is 516 g/mol. The number of sulfonamides is 1. The Balaban J connectivity index is 1.36. The molecule has 2 heterocycles. The molecule has 2 aliphatic heterocycles. The first-order chi connectivity index (χ1) is 16.6. The molecule has 2 aliphatic rings.